The van der Waals surface area contributed by atoms with Gasteiger partial charge in [-0.25, -0.2) is 13.1 Å². The summed E-state index contributed by atoms with van der Waals surface area (Å²) < 4.78 is 29.6. The van der Waals surface area contributed by atoms with E-state index in [1.807, 2.05) is 0 Å². The van der Waals surface area contributed by atoms with E-state index in [0.29, 0.717) is 36.7 Å². The average molecular weight is 333 g/mol. The van der Waals surface area contributed by atoms with E-state index in [2.05, 4.69) is 10.0 Å². The van der Waals surface area contributed by atoms with Crippen LogP contribution in [0.1, 0.15) is 12.0 Å². The fourth-order valence-electron chi connectivity index (χ4n) is 2.03. The Bertz CT molecular complexity index is 633. The zero-order valence-electron chi connectivity index (χ0n) is 11.6. The van der Waals surface area contributed by atoms with Crippen molar-refractivity contribution in [2.24, 2.45) is 0 Å². The summed E-state index contributed by atoms with van der Waals surface area (Å²) in [5.74, 6) is 0.472. The summed E-state index contributed by atoms with van der Waals surface area (Å²) in [4.78, 5) is 12.0. The van der Waals surface area contributed by atoms with Crippen LogP contribution in [-0.4, -0.2) is 39.8 Å². The van der Waals surface area contributed by atoms with Crippen LogP contribution in [0.15, 0.2) is 18.2 Å². The van der Waals surface area contributed by atoms with Crippen LogP contribution in [0.2, 0.25) is 5.02 Å². The Morgan fingerprint density at radius 3 is 2.90 bits per heavy atom. The van der Waals surface area contributed by atoms with Gasteiger partial charge in [-0.2, -0.15) is 0 Å². The second-order valence-corrected chi connectivity index (χ2v) is 7.14. The zero-order chi connectivity index (χ0) is 15.5. The van der Waals surface area contributed by atoms with Gasteiger partial charge in [0, 0.05) is 24.5 Å². The van der Waals surface area contributed by atoms with Crippen molar-refractivity contribution < 1.29 is 17.9 Å². The van der Waals surface area contributed by atoms with E-state index in [4.69, 9.17) is 16.3 Å². The van der Waals surface area contributed by atoms with E-state index in [0.717, 1.165) is 11.8 Å². The van der Waals surface area contributed by atoms with E-state index in [9.17, 15) is 13.2 Å². The monoisotopic (exact) mass is 332 g/mol. The van der Waals surface area contributed by atoms with Gasteiger partial charge in [-0.15, -0.1) is 0 Å². The molecule has 1 amide bonds. The molecule has 0 saturated carbocycles. The molecule has 2 N–H and O–H groups in total. The van der Waals surface area contributed by atoms with Gasteiger partial charge in [0.25, 0.3) is 5.91 Å². The Hall–Kier alpha value is -1.31. The minimum atomic E-state index is -3.18. The minimum absolute atomic E-state index is 0.207. The van der Waals surface area contributed by atoms with Crippen LogP contribution in [-0.2, 0) is 21.2 Å². The standard InChI is InChI=1S/C13H17ClN2O4S/c1-21(18,19)16-6-2-5-15-13(17)12-8-9-7-10(14)3-4-11(9)20-12/h3-4,7,12,16H,2,5-6,8H2,1H3,(H,15,17). The van der Waals surface area contributed by atoms with Crippen molar-refractivity contribution >= 4 is 27.5 Å². The topological polar surface area (TPSA) is 84.5 Å². The molecule has 1 aliphatic heterocycles. The highest BCUT2D eigenvalue weighted by molar-refractivity contribution is 7.88. The van der Waals surface area contributed by atoms with Crippen molar-refractivity contribution in [1.82, 2.24) is 10.0 Å². The lowest BCUT2D eigenvalue weighted by Gasteiger charge is -2.11. The number of fused-ring (bicyclic) bond motifs is 1. The molecule has 1 atom stereocenters. The highest BCUT2D eigenvalue weighted by Gasteiger charge is 2.28. The first-order valence-corrected chi connectivity index (χ1v) is 8.79. The second-order valence-electron chi connectivity index (χ2n) is 4.87. The third kappa shape index (κ3) is 4.87. The molecule has 1 aromatic rings. The Balaban J connectivity index is 1.74. The van der Waals surface area contributed by atoms with Gasteiger partial charge < -0.3 is 10.1 Å². The van der Waals surface area contributed by atoms with E-state index < -0.39 is 16.1 Å². The van der Waals surface area contributed by atoms with Crippen LogP contribution in [0.25, 0.3) is 0 Å². The van der Waals surface area contributed by atoms with Gasteiger partial charge in [-0.3, -0.25) is 4.79 Å². The van der Waals surface area contributed by atoms with Gasteiger partial charge >= 0.3 is 0 Å². The van der Waals surface area contributed by atoms with E-state index in [1.54, 1.807) is 18.2 Å². The number of rotatable bonds is 6. The van der Waals surface area contributed by atoms with E-state index in [-0.39, 0.29) is 5.91 Å². The van der Waals surface area contributed by atoms with Crippen LogP contribution in [0, 0.1) is 0 Å². The lowest BCUT2D eigenvalue weighted by Crippen LogP contribution is -2.38. The highest BCUT2D eigenvalue weighted by Crippen LogP contribution is 2.30. The molecule has 116 valence electrons. The Labute approximate surface area is 128 Å². The molecule has 6 nitrogen and oxygen atoms in total. The molecule has 0 spiro atoms. The predicted octanol–water partition coefficient (Wildman–Crippen LogP) is 0.699. The van der Waals surface area contributed by atoms with Crippen molar-refractivity contribution in [1.29, 1.82) is 0 Å². The molecule has 1 heterocycles. The van der Waals surface area contributed by atoms with Crippen molar-refractivity contribution in [3.8, 4) is 5.75 Å². The maximum Gasteiger partial charge on any atom is 0.261 e. The third-order valence-corrected chi connectivity index (χ3v) is 3.97. The zero-order valence-corrected chi connectivity index (χ0v) is 13.1. The van der Waals surface area contributed by atoms with Gasteiger partial charge in [0.1, 0.15) is 5.75 Å². The van der Waals surface area contributed by atoms with Gasteiger partial charge in [0.2, 0.25) is 10.0 Å². The normalized spacial score (nSPS) is 17.1. The summed E-state index contributed by atoms with van der Waals surface area (Å²) >= 11 is 5.89. The molecule has 0 fully saturated rings. The summed E-state index contributed by atoms with van der Waals surface area (Å²) in [5, 5.41) is 3.34. The minimum Gasteiger partial charge on any atom is -0.480 e. The summed E-state index contributed by atoms with van der Waals surface area (Å²) in [6.07, 6.45) is 1.55. The number of halogens is 1. The predicted molar refractivity (Wildman–Crippen MR) is 80.0 cm³/mol. The molecule has 0 aromatic heterocycles. The first kappa shape index (κ1) is 16.1. The maximum atomic E-state index is 12.0. The lowest BCUT2D eigenvalue weighted by atomic mass is 10.1. The van der Waals surface area contributed by atoms with Gasteiger partial charge in [0.15, 0.2) is 6.10 Å². The molecular formula is C13H17ClN2O4S. The van der Waals surface area contributed by atoms with Gasteiger partial charge in [0.05, 0.1) is 6.26 Å². The molecule has 0 radical (unpaired) electrons. The first-order chi connectivity index (χ1) is 9.85. The van der Waals surface area contributed by atoms with Gasteiger partial charge in [-0.1, -0.05) is 11.6 Å². The molecule has 8 heteroatoms. The smallest absolute Gasteiger partial charge is 0.261 e. The molecule has 1 aromatic carbocycles. The number of hydrogen-bond donors (Lipinski definition) is 2. The SMILES string of the molecule is CS(=O)(=O)NCCCNC(=O)C1Cc2cc(Cl)ccc2O1. The third-order valence-electron chi connectivity index (χ3n) is 3.01. The number of carbonyl (C=O) groups is 1. The van der Waals surface area contributed by atoms with Crippen LogP contribution >= 0.6 is 11.6 Å². The molecular weight excluding hydrogens is 316 g/mol. The van der Waals surface area contributed by atoms with Crippen molar-refractivity contribution in [3.05, 3.63) is 28.8 Å². The number of sulfonamides is 1. The van der Waals surface area contributed by atoms with Crippen molar-refractivity contribution in [2.45, 2.75) is 18.9 Å². The highest BCUT2D eigenvalue weighted by atomic mass is 35.5. The lowest BCUT2D eigenvalue weighted by molar-refractivity contribution is -0.127. The Morgan fingerprint density at radius 1 is 1.43 bits per heavy atom. The number of hydrogen-bond acceptors (Lipinski definition) is 4. The average Bonchev–Trinajstić information content (AvgIpc) is 2.79. The number of nitrogens with one attached hydrogen (secondary N) is 2. The molecule has 0 bridgehead atoms. The maximum absolute atomic E-state index is 12.0. The van der Waals surface area contributed by atoms with Gasteiger partial charge in [-0.05, 0) is 30.2 Å². The quantitative estimate of drug-likeness (QED) is 0.751. The van der Waals surface area contributed by atoms with Crippen molar-refractivity contribution in [3.63, 3.8) is 0 Å². The fraction of sp³-hybridized carbons (Fsp3) is 0.462. The van der Waals surface area contributed by atoms with E-state index >= 15 is 0 Å². The van der Waals surface area contributed by atoms with Crippen LogP contribution in [0.3, 0.4) is 0 Å². The molecule has 1 aliphatic rings. The first-order valence-electron chi connectivity index (χ1n) is 6.52. The number of benzene rings is 1. The van der Waals surface area contributed by atoms with Crippen LogP contribution in [0.5, 0.6) is 5.75 Å². The van der Waals surface area contributed by atoms with Crippen LogP contribution < -0.4 is 14.8 Å². The summed E-state index contributed by atoms with van der Waals surface area (Å²) in [5.41, 5.74) is 0.918. The molecule has 21 heavy (non-hydrogen) atoms. The Kier molecular flexibility index (Phi) is 5.08. The fourth-order valence-corrected chi connectivity index (χ4v) is 2.74. The molecule has 0 saturated heterocycles. The Morgan fingerprint density at radius 2 is 2.19 bits per heavy atom. The van der Waals surface area contributed by atoms with Crippen molar-refractivity contribution in [2.75, 3.05) is 19.3 Å². The molecule has 1 unspecified atom stereocenters. The summed E-state index contributed by atoms with van der Waals surface area (Å²) in [7, 11) is -3.18. The molecule has 2 rings (SSSR count). The largest absolute Gasteiger partial charge is 0.480 e. The number of amides is 1. The summed E-state index contributed by atoms with van der Waals surface area (Å²) in [6.45, 7) is 0.679. The summed E-state index contributed by atoms with van der Waals surface area (Å²) in [6, 6.07) is 5.26. The second kappa shape index (κ2) is 6.64. The van der Waals surface area contributed by atoms with E-state index in [1.165, 1.54) is 0 Å². The van der Waals surface area contributed by atoms with Crippen LogP contribution in [0.4, 0.5) is 0 Å². The number of carbonyl (C=O) groups excluding carboxylic acids is 1. The molecule has 0 aliphatic carbocycles. The number of ether oxygens (including phenoxy) is 1.